The van der Waals surface area contributed by atoms with Gasteiger partial charge in [-0.05, 0) is 51.0 Å². The van der Waals surface area contributed by atoms with Gasteiger partial charge in [0.2, 0.25) is 0 Å². The van der Waals surface area contributed by atoms with Gasteiger partial charge in [-0.1, -0.05) is 18.8 Å². The van der Waals surface area contributed by atoms with Crippen molar-refractivity contribution in [1.82, 2.24) is 9.80 Å². The van der Waals surface area contributed by atoms with Gasteiger partial charge >= 0.3 is 0 Å². The van der Waals surface area contributed by atoms with E-state index < -0.39 is 0 Å². The summed E-state index contributed by atoms with van der Waals surface area (Å²) >= 11 is 0. The van der Waals surface area contributed by atoms with Gasteiger partial charge in [0, 0.05) is 26.2 Å². The molecule has 3 aliphatic rings. The van der Waals surface area contributed by atoms with Crippen molar-refractivity contribution < 1.29 is 9.47 Å². The number of morpholine rings is 1. The summed E-state index contributed by atoms with van der Waals surface area (Å²) in [7, 11) is 0. The molecule has 4 nitrogen and oxygen atoms in total. The maximum Gasteiger partial charge on any atom is 0.0657 e. The Morgan fingerprint density at radius 3 is 2.46 bits per heavy atom. The van der Waals surface area contributed by atoms with Crippen molar-refractivity contribution in [2.24, 2.45) is 5.41 Å². The molecule has 3 fully saturated rings. The van der Waals surface area contributed by atoms with E-state index in [1.165, 1.54) is 38.8 Å². The third kappa shape index (κ3) is 4.73. The van der Waals surface area contributed by atoms with Crippen LogP contribution in [0.15, 0.2) is 0 Å². The standard InChI is InChI=1S/C20H34N2O2/c1-3-19(2)17-20(8-14-24-19)7-6-11-22(18-20)10-5-4-9-21-12-15-23-16-13-21/h3,6-18H2,1-2H3/t19-,20+/m1/s1. The van der Waals surface area contributed by atoms with Crippen LogP contribution in [0.4, 0.5) is 0 Å². The summed E-state index contributed by atoms with van der Waals surface area (Å²) in [6.07, 6.45) is 6.23. The van der Waals surface area contributed by atoms with Crippen LogP contribution in [0.2, 0.25) is 0 Å². The van der Waals surface area contributed by atoms with E-state index in [1.54, 1.807) is 0 Å². The zero-order valence-electron chi connectivity index (χ0n) is 15.6. The highest BCUT2D eigenvalue weighted by Crippen LogP contribution is 2.45. The van der Waals surface area contributed by atoms with Crippen molar-refractivity contribution in [3.8, 4) is 11.8 Å². The van der Waals surface area contributed by atoms with Crippen molar-refractivity contribution >= 4 is 0 Å². The van der Waals surface area contributed by atoms with E-state index in [0.717, 1.165) is 52.4 Å². The molecule has 0 aliphatic carbocycles. The summed E-state index contributed by atoms with van der Waals surface area (Å²) in [6, 6.07) is 0. The van der Waals surface area contributed by atoms with E-state index >= 15 is 0 Å². The molecule has 0 unspecified atom stereocenters. The maximum atomic E-state index is 6.08. The molecule has 0 aromatic carbocycles. The summed E-state index contributed by atoms with van der Waals surface area (Å²) < 4.78 is 11.5. The van der Waals surface area contributed by atoms with Gasteiger partial charge in [-0.3, -0.25) is 9.80 Å². The first-order valence-corrected chi connectivity index (χ1v) is 9.75. The third-order valence-corrected chi connectivity index (χ3v) is 6.15. The van der Waals surface area contributed by atoms with Crippen LogP contribution in [-0.2, 0) is 9.47 Å². The second-order valence-corrected chi connectivity index (χ2v) is 8.13. The van der Waals surface area contributed by atoms with Gasteiger partial charge in [0.25, 0.3) is 0 Å². The highest BCUT2D eigenvalue weighted by atomic mass is 16.5. The first-order chi connectivity index (χ1) is 11.6. The van der Waals surface area contributed by atoms with Crippen LogP contribution >= 0.6 is 0 Å². The predicted molar refractivity (Wildman–Crippen MR) is 97.0 cm³/mol. The van der Waals surface area contributed by atoms with Crippen LogP contribution in [0.5, 0.6) is 0 Å². The Morgan fingerprint density at radius 1 is 0.958 bits per heavy atom. The molecule has 136 valence electrons. The van der Waals surface area contributed by atoms with Crippen LogP contribution in [-0.4, -0.2) is 74.5 Å². The molecule has 24 heavy (non-hydrogen) atoms. The first-order valence-electron chi connectivity index (χ1n) is 9.75. The molecule has 3 aliphatic heterocycles. The van der Waals surface area contributed by atoms with Gasteiger partial charge < -0.3 is 9.47 Å². The van der Waals surface area contributed by atoms with Crippen LogP contribution in [0.3, 0.4) is 0 Å². The van der Waals surface area contributed by atoms with Gasteiger partial charge in [-0.25, -0.2) is 0 Å². The normalized spacial score (nSPS) is 35.6. The smallest absolute Gasteiger partial charge is 0.0657 e. The van der Waals surface area contributed by atoms with Gasteiger partial charge in [0.1, 0.15) is 0 Å². The lowest BCUT2D eigenvalue weighted by atomic mass is 9.68. The van der Waals surface area contributed by atoms with Gasteiger partial charge in [-0.15, -0.1) is 0 Å². The Bertz CT molecular complexity index is 462. The Kier molecular flexibility index (Phi) is 6.21. The second-order valence-electron chi connectivity index (χ2n) is 8.13. The van der Waals surface area contributed by atoms with Crippen molar-refractivity contribution in [3.63, 3.8) is 0 Å². The fourth-order valence-corrected chi connectivity index (χ4v) is 4.56. The van der Waals surface area contributed by atoms with Crippen LogP contribution < -0.4 is 0 Å². The Morgan fingerprint density at radius 2 is 1.71 bits per heavy atom. The molecular formula is C20H34N2O2. The van der Waals surface area contributed by atoms with Crippen molar-refractivity contribution in [3.05, 3.63) is 0 Å². The van der Waals surface area contributed by atoms with Gasteiger partial charge in [0.15, 0.2) is 0 Å². The Balaban J connectivity index is 1.49. The SMILES string of the molecule is CC[C@]1(C)C[C@]2(CCCN(CC#CCN3CCOCC3)C2)CCO1. The third-order valence-electron chi connectivity index (χ3n) is 6.15. The number of rotatable bonds is 3. The molecule has 0 aromatic heterocycles. The number of nitrogens with zero attached hydrogens (tertiary/aromatic N) is 2. The minimum absolute atomic E-state index is 0.0866. The van der Waals surface area contributed by atoms with E-state index in [4.69, 9.17) is 9.47 Å². The molecule has 3 saturated heterocycles. The molecule has 3 heterocycles. The number of hydrogen-bond donors (Lipinski definition) is 0. The Labute approximate surface area is 147 Å². The van der Waals surface area contributed by atoms with Crippen LogP contribution in [0, 0.1) is 17.3 Å². The molecule has 1 spiro atoms. The van der Waals surface area contributed by atoms with E-state index in [0.29, 0.717) is 5.41 Å². The highest BCUT2D eigenvalue weighted by molar-refractivity contribution is 5.05. The summed E-state index contributed by atoms with van der Waals surface area (Å²) in [5, 5.41) is 0. The van der Waals surface area contributed by atoms with Crippen molar-refractivity contribution in [1.29, 1.82) is 0 Å². The van der Waals surface area contributed by atoms with Gasteiger partial charge in [-0.2, -0.15) is 0 Å². The number of likely N-dealkylation sites (tertiary alicyclic amines) is 1. The molecule has 0 radical (unpaired) electrons. The topological polar surface area (TPSA) is 24.9 Å². The predicted octanol–water partition coefficient (Wildman–Crippen LogP) is 2.38. The van der Waals surface area contributed by atoms with Crippen LogP contribution in [0.25, 0.3) is 0 Å². The second kappa shape index (κ2) is 8.19. The molecule has 0 aromatic rings. The number of ether oxygens (including phenoxy) is 2. The molecule has 0 saturated carbocycles. The molecule has 0 amide bonds. The molecule has 4 heteroatoms. The lowest BCUT2D eigenvalue weighted by Gasteiger charge is -2.50. The molecule has 0 N–H and O–H groups in total. The highest BCUT2D eigenvalue weighted by Gasteiger charge is 2.44. The number of piperidine rings is 1. The minimum atomic E-state index is 0.0866. The maximum absolute atomic E-state index is 6.08. The molecular weight excluding hydrogens is 300 g/mol. The van der Waals surface area contributed by atoms with E-state index in [-0.39, 0.29) is 5.60 Å². The lowest BCUT2D eigenvalue weighted by Crippen LogP contribution is -2.51. The van der Waals surface area contributed by atoms with E-state index in [1.807, 2.05) is 0 Å². The average Bonchev–Trinajstić information content (AvgIpc) is 2.60. The summed E-state index contributed by atoms with van der Waals surface area (Å²) in [5.74, 6) is 6.80. The van der Waals surface area contributed by atoms with Gasteiger partial charge in [0.05, 0.1) is 31.9 Å². The zero-order chi connectivity index (χ0) is 16.9. The average molecular weight is 335 g/mol. The summed E-state index contributed by atoms with van der Waals surface area (Å²) in [4.78, 5) is 4.97. The quantitative estimate of drug-likeness (QED) is 0.740. The van der Waals surface area contributed by atoms with E-state index in [9.17, 15) is 0 Å². The summed E-state index contributed by atoms with van der Waals surface area (Å²) in [5.41, 5.74) is 0.552. The molecule has 2 atom stereocenters. The Hall–Kier alpha value is -0.600. The van der Waals surface area contributed by atoms with Crippen LogP contribution in [0.1, 0.15) is 46.0 Å². The largest absolute Gasteiger partial charge is 0.379 e. The van der Waals surface area contributed by atoms with Crippen molar-refractivity contribution in [2.45, 2.75) is 51.6 Å². The minimum Gasteiger partial charge on any atom is -0.379 e. The molecule has 0 bridgehead atoms. The number of hydrogen-bond acceptors (Lipinski definition) is 4. The van der Waals surface area contributed by atoms with E-state index in [2.05, 4.69) is 35.5 Å². The zero-order valence-corrected chi connectivity index (χ0v) is 15.6. The lowest BCUT2D eigenvalue weighted by molar-refractivity contribution is -0.132. The first kappa shape index (κ1) is 18.2. The monoisotopic (exact) mass is 334 g/mol. The summed E-state index contributed by atoms with van der Waals surface area (Å²) in [6.45, 7) is 13.5. The molecule has 3 rings (SSSR count). The van der Waals surface area contributed by atoms with Crippen molar-refractivity contribution in [2.75, 3.05) is 59.1 Å². The fraction of sp³-hybridized carbons (Fsp3) is 0.900. The fourth-order valence-electron chi connectivity index (χ4n) is 4.56.